The van der Waals surface area contributed by atoms with E-state index in [-0.39, 0.29) is 6.10 Å². The minimum Gasteiger partial charge on any atom is -0.456 e. The van der Waals surface area contributed by atoms with Crippen molar-refractivity contribution in [3.8, 4) is 0 Å². The lowest BCUT2D eigenvalue weighted by molar-refractivity contribution is -0.103. The molecule has 0 bridgehead atoms. The standard InChI is InChI=1S/C14H11NO3.C2H6/c1-17-11-4-2-3-9(8-16)13-10-5-6-15-7-12(10)18-14(11)13;1-2/h2-8,11H,1H3;1-2H3. The van der Waals surface area contributed by atoms with E-state index in [1.165, 1.54) is 0 Å². The molecule has 0 spiro atoms. The van der Waals surface area contributed by atoms with Gasteiger partial charge in [-0.15, -0.1) is 0 Å². The average Bonchev–Trinajstić information content (AvgIpc) is 2.79. The maximum Gasteiger partial charge on any atom is 0.153 e. The molecule has 0 saturated heterocycles. The number of aldehydes is 1. The predicted octanol–water partition coefficient (Wildman–Crippen LogP) is 3.69. The fourth-order valence-electron chi connectivity index (χ4n) is 2.18. The van der Waals surface area contributed by atoms with E-state index >= 15 is 0 Å². The van der Waals surface area contributed by atoms with Gasteiger partial charge < -0.3 is 9.15 Å². The van der Waals surface area contributed by atoms with Crippen LogP contribution in [0, 0.1) is 0 Å². The van der Waals surface area contributed by atoms with E-state index < -0.39 is 0 Å². The van der Waals surface area contributed by atoms with Crippen LogP contribution in [-0.2, 0) is 9.53 Å². The fraction of sp³-hybridized carbons (Fsp3) is 0.250. The van der Waals surface area contributed by atoms with Crippen LogP contribution in [0.2, 0.25) is 0 Å². The number of methoxy groups -OCH3 is 1. The average molecular weight is 271 g/mol. The maximum atomic E-state index is 11.2. The van der Waals surface area contributed by atoms with Gasteiger partial charge in [0.25, 0.3) is 0 Å². The fourth-order valence-corrected chi connectivity index (χ4v) is 2.18. The molecule has 1 unspecified atom stereocenters. The van der Waals surface area contributed by atoms with Crippen molar-refractivity contribution in [2.45, 2.75) is 20.0 Å². The second-order valence-electron chi connectivity index (χ2n) is 3.99. The topological polar surface area (TPSA) is 52.3 Å². The maximum absolute atomic E-state index is 11.2. The summed E-state index contributed by atoms with van der Waals surface area (Å²) in [5.74, 6) is 0.646. The van der Waals surface area contributed by atoms with E-state index in [1.54, 1.807) is 31.7 Å². The van der Waals surface area contributed by atoms with Gasteiger partial charge in [-0.3, -0.25) is 9.78 Å². The van der Waals surface area contributed by atoms with E-state index in [0.717, 1.165) is 17.2 Å². The van der Waals surface area contributed by atoms with Gasteiger partial charge in [0.1, 0.15) is 11.9 Å². The van der Waals surface area contributed by atoms with Crippen LogP contribution in [0.1, 0.15) is 31.3 Å². The van der Waals surface area contributed by atoms with Gasteiger partial charge in [-0.1, -0.05) is 26.0 Å². The number of pyridine rings is 1. The van der Waals surface area contributed by atoms with Gasteiger partial charge in [0, 0.05) is 29.8 Å². The van der Waals surface area contributed by atoms with Crippen molar-refractivity contribution >= 4 is 22.8 Å². The quantitative estimate of drug-likeness (QED) is 0.782. The summed E-state index contributed by atoms with van der Waals surface area (Å²) in [5, 5.41) is 0.879. The lowest BCUT2D eigenvalue weighted by Crippen LogP contribution is -1.98. The van der Waals surface area contributed by atoms with Crippen LogP contribution < -0.4 is 0 Å². The molecule has 4 nitrogen and oxygen atoms in total. The van der Waals surface area contributed by atoms with Crippen molar-refractivity contribution in [1.82, 2.24) is 4.98 Å². The zero-order valence-corrected chi connectivity index (χ0v) is 11.8. The van der Waals surface area contributed by atoms with Gasteiger partial charge in [0.15, 0.2) is 11.9 Å². The molecule has 2 aromatic heterocycles. The minimum absolute atomic E-state index is 0.291. The first kappa shape index (κ1) is 14.2. The number of carbonyl (C=O) groups is 1. The van der Waals surface area contributed by atoms with Gasteiger partial charge in [-0.2, -0.15) is 0 Å². The highest BCUT2D eigenvalue weighted by atomic mass is 16.5. The van der Waals surface area contributed by atoms with Crippen LogP contribution in [0.25, 0.3) is 16.5 Å². The molecule has 0 radical (unpaired) electrons. The number of furan rings is 1. The molecule has 20 heavy (non-hydrogen) atoms. The van der Waals surface area contributed by atoms with Crippen molar-refractivity contribution in [1.29, 1.82) is 0 Å². The summed E-state index contributed by atoms with van der Waals surface area (Å²) in [4.78, 5) is 15.2. The van der Waals surface area contributed by atoms with Crippen LogP contribution in [0.3, 0.4) is 0 Å². The molecule has 0 aromatic carbocycles. The normalized spacial score (nSPS) is 16.8. The summed E-state index contributed by atoms with van der Waals surface area (Å²) >= 11 is 0. The van der Waals surface area contributed by atoms with Crippen LogP contribution in [0.15, 0.2) is 41.1 Å². The summed E-state index contributed by atoms with van der Waals surface area (Å²) in [7, 11) is 1.61. The number of nitrogens with zero attached hydrogens (tertiary/aromatic N) is 1. The Balaban J connectivity index is 0.000000704. The third-order valence-corrected chi connectivity index (χ3v) is 3.01. The molecule has 3 rings (SSSR count). The molecule has 2 heterocycles. The molecular weight excluding hydrogens is 254 g/mol. The molecule has 1 aliphatic carbocycles. The number of aromatic nitrogens is 1. The zero-order valence-electron chi connectivity index (χ0n) is 11.8. The smallest absolute Gasteiger partial charge is 0.153 e. The Kier molecular flexibility index (Phi) is 4.48. The molecule has 0 N–H and O–H groups in total. The van der Waals surface area contributed by atoms with Gasteiger partial charge >= 0.3 is 0 Å². The van der Waals surface area contributed by atoms with Crippen molar-refractivity contribution in [2.24, 2.45) is 0 Å². The highest BCUT2D eigenvalue weighted by Crippen LogP contribution is 2.37. The van der Waals surface area contributed by atoms with E-state index in [0.29, 0.717) is 16.9 Å². The van der Waals surface area contributed by atoms with Crippen molar-refractivity contribution in [3.63, 3.8) is 0 Å². The molecule has 2 aromatic rings. The van der Waals surface area contributed by atoms with Crippen LogP contribution in [0.5, 0.6) is 0 Å². The number of ether oxygens (including phenoxy) is 1. The number of hydrogen-bond acceptors (Lipinski definition) is 4. The Morgan fingerprint density at radius 1 is 1.40 bits per heavy atom. The van der Waals surface area contributed by atoms with Crippen LogP contribution in [-0.4, -0.2) is 18.4 Å². The second kappa shape index (κ2) is 6.30. The lowest BCUT2D eigenvalue weighted by Gasteiger charge is -2.08. The second-order valence-corrected chi connectivity index (χ2v) is 3.99. The molecule has 1 atom stereocenters. The van der Waals surface area contributed by atoms with E-state index in [2.05, 4.69) is 4.98 Å². The summed E-state index contributed by atoms with van der Waals surface area (Å²) in [6.07, 6.45) is 9.28. The van der Waals surface area contributed by atoms with Crippen molar-refractivity contribution in [2.75, 3.05) is 7.11 Å². The first-order chi connectivity index (χ1) is 9.85. The Labute approximate surface area is 117 Å². The summed E-state index contributed by atoms with van der Waals surface area (Å²) in [5.41, 5.74) is 2.04. The first-order valence-electron chi connectivity index (χ1n) is 6.58. The van der Waals surface area contributed by atoms with Gasteiger partial charge in [0.2, 0.25) is 0 Å². The van der Waals surface area contributed by atoms with E-state index in [9.17, 15) is 4.79 Å². The lowest BCUT2D eigenvalue weighted by atomic mass is 10.0. The molecule has 104 valence electrons. The Bertz CT molecular complexity index is 667. The Morgan fingerprint density at radius 2 is 2.20 bits per heavy atom. The monoisotopic (exact) mass is 271 g/mol. The van der Waals surface area contributed by atoms with Crippen molar-refractivity contribution < 1.29 is 13.9 Å². The van der Waals surface area contributed by atoms with Gasteiger partial charge in [0.05, 0.1) is 6.20 Å². The molecule has 4 heteroatoms. The molecule has 0 fully saturated rings. The summed E-state index contributed by atoms with van der Waals surface area (Å²) < 4.78 is 11.1. The third kappa shape index (κ3) is 2.30. The van der Waals surface area contributed by atoms with Gasteiger partial charge in [-0.25, -0.2) is 0 Å². The minimum atomic E-state index is -0.291. The van der Waals surface area contributed by atoms with Crippen LogP contribution >= 0.6 is 0 Å². The molecule has 1 aliphatic rings. The highest BCUT2D eigenvalue weighted by Gasteiger charge is 2.24. The molecular formula is C16H17NO3. The zero-order chi connectivity index (χ0) is 14.5. The largest absolute Gasteiger partial charge is 0.456 e. The van der Waals surface area contributed by atoms with E-state index in [1.807, 2.05) is 26.0 Å². The number of fused-ring (bicyclic) bond motifs is 3. The first-order valence-corrected chi connectivity index (χ1v) is 6.58. The SMILES string of the molecule is CC.COC1C=CC=C(C=O)c2c1oc1cnccc21. The number of allylic oxidation sites excluding steroid dienone is 3. The highest BCUT2D eigenvalue weighted by molar-refractivity contribution is 6.13. The summed E-state index contributed by atoms with van der Waals surface area (Å²) in [6, 6.07) is 1.84. The number of rotatable bonds is 2. The molecule has 0 saturated carbocycles. The molecule has 0 amide bonds. The van der Waals surface area contributed by atoms with E-state index in [4.69, 9.17) is 9.15 Å². The van der Waals surface area contributed by atoms with Crippen LogP contribution in [0.4, 0.5) is 0 Å². The number of hydrogen-bond donors (Lipinski definition) is 0. The van der Waals surface area contributed by atoms with Crippen molar-refractivity contribution in [3.05, 3.63) is 48.0 Å². The third-order valence-electron chi connectivity index (χ3n) is 3.01. The van der Waals surface area contributed by atoms with Gasteiger partial charge in [-0.05, 0) is 12.1 Å². The molecule has 0 aliphatic heterocycles. The predicted molar refractivity (Wildman–Crippen MR) is 78.3 cm³/mol. The Morgan fingerprint density at radius 3 is 2.90 bits per heavy atom. The Hall–Kier alpha value is -2.20. The summed E-state index contributed by atoms with van der Waals surface area (Å²) in [6.45, 7) is 4.00. The number of carbonyl (C=O) groups excluding carboxylic acids is 1.